The number of ether oxygens (including phenoxy) is 3. The van der Waals surface area contributed by atoms with Gasteiger partial charge in [0.2, 0.25) is 6.41 Å². The number of hydrogen-bond acceptors (Lipinski definition) is 8. The van der Waals surface area contributed by atoms with Crippen molar-refractivity contribution in [2.45, 2.75) is 12.5 Å². The Morgan fingerprint density at radius 1 is 0.947 bits per heavy atom. The van der Waals surface area contributed by atoms with Crippen LogP contribution in [-0.2, 0) is 11.2 Å². The molecule has 0 fully saturated rings. The predicted molar refractivity (Wildman–Crippen MR) is 146 cm³/mol. The molecular formula is C29H27N5O4. The van der Waals surface area contributed by atoms with Gasteiger partial charge in [0.15, 0.2) is 11.5 Å². The summed E-state index contributed by atoms with van der Waals surface area (Å²) >= 11 is 0. The lowest BCUT2D eigenvalue weighted by Gasteiger charge is -2.17. The highest BCUT2D eigenvalue weighted by Crippen LogP contribution is 2.37. The molecule has 0 saturated carbocycles. The Kier molecular flexibility index (Phi) is 7.17. The molecule has 2 aromatic carbocycles. The highest BCUT2D eigenvalue weighted by Gasteiger charge is 2.15. The minimum atomic E-state index is -0.196. The van der Waals surface area contributed by atoms with Crippen LogP contribution in [0, 0.1) is 0 Å². The van der Waals surface area contributed by atoms with E-state index in [9.17, 15) is 4.79 Å². The lowest BCUT2D eigenvalue weighted by molar-refractivity contribution is -0.110. The van der Waals surface area contributed by atoms with E-state index < -0.39 is 0 Å². The Balaban J connectivity index is 1.45. The minimum Gasteiger partial charge on any atom is -0.493 e. The molecule has 0 saturated heterocycles. The van der Waals surface area contributed by atoms with E-state index in [4.69, 9.17) is 19.9 Å². The van der Waals surface area contributed by atoms with Crippen molar-refractivity contribution in [3.05, 3.63) is 78.8 Å². The number of hydrogen-bond donors (Lipinski definition) is 2. The summed E-state index contributed by atoms with van der Waals surface area (Å²) in [6.45, 7) is 0.282. The van der Waals surface area contributed by atoms with E-state index in [1.165, 1.54) is 0 Å². The van der Waals surface area contributed by atoms with Crippen molar-refractivity contribution in [3.8, 4) is 28.5 Å². The van der Waals surface area contributed by atoms with Crippen LogP contribution in [0.4, 0.5) is 5.82 Å². The highest BCUT2D eigenvalue weighted by atomic mass is 16.5. The van der Waals surface area contributed by atoms with Gasteiger partial charge in [-0.3, -0.25) is 14.8 Å². The molecule has 0 aliphatic heterocycles. The molecule has 1 atom stereocenters. The molecule has 38 heavy (non-hydrogen) atoms. The normalized spacial score (nSPS) is 11.7. The molecule has 9 nitrogen and oxygen atoms in total. The van der Waals surface area contributed by atoms with Gasteiger partial charge < -0.3 is 25.3 Å². The largest absolute Gasteiger partial charge is 0.493 e. The van der Waals surface area contributed by atoms with Crippen molar-refractivity contribution in [2.75, 3.05) is 26.6 Å². The number of nitrogen functional groups attached to an aromatic ring is 1. The van der Waals surface area contributed by atoms with Crippen molar-refractivity contribution in [1.82, 2.24) is 20.3 Å². The Labute approximate surface area is 219 Å². The molecule has 0 unspecified atom stereocenters. The zero-order valence-electron chi connectivity index (χ0n) is 21.0. The fourth-order valence-electron chi connectivity index (χ4n) is 4.40. The first-order chi connectivity index (χ1) is 18.6. The van der Waals surface area contributed by atoms with Crippen molar-refractivity contribution >= 4 is 33.9 Å². The number of rotatable bonds is 10. The number of fused-ring (bicyclic) bond motifs is 3. The van der Waals surface area contributed by atoms with E-state index in [0.717, 1.165) is 32.8 Å². The van der Waals surface area contributed by atoms with Gasteiger partial charge in [0, 0.05) is 34.8 Å². The fourth-order valence-corrected chi connectivity index (χ4v) is 4.40. The third-order valence-corrected chi connectivity index (χ3v) is 6.30. The molecule has 5 rings (SSSR count). The Morgan fingerprint density at radius 2 is 1.74 bits per heavy atom. The third kappa shape index (κ3) is 5.12. The first kappa shape index (κ1) is 24.8. The highest BCUT2D eigenvalue weighted by molar-refractivity contribution is 6.10. The number of carbonyl (C=O) groups excluding carboxylic acids is 1. The van der Waals surface area contributed by atoms with Crippen LogP contribution in [0.1, 0.15) is 5.56 Å². The summed E-state index contributed by atoms with van der Waals surface area (Å²) in [7, 11) is 3.18. The zero-order chi connectivity index (χ0) is 26.5. The number of aromatic nitrogens is 3. The first-order valence-corrected chi connectivity index (χ1v) is 12.0. The van der Waals surface area contributed by atoms with Gasteiger partial charge >= 0.3 is 0 Å². The number of carbonyl (C=O) groups is 1. The standard InChI is InChI=1S/C29H27N5O4/c1-36-27-11-23-22-10-25(34-29(30)24(22)15-32-26(23)12-28(27)37-2)19-9-21(14-31-13-19)38-16-20(33-17-35)8-18-6-4-3-5-7-18/h3-7,9-15,17,20H,8,16H2,1-2H3,(H2,30,34)(H,33,35)/t20-/m1/s1. The summed E-state index contributed by atoms with van der Waals surface area (Å²) in [5.74, 6) is 2.10. The lowest BCUT2D eigenvalue weighted by atomic mass is 10.0. The molecule has 0 radical (unpaired) electrons. The van der Waals surface area contributed by atoms with Gasteiger partial charge in [-0.25, -0.2) is 4.98 Å². The first-order valence-electron chi connectivity index (χ1n) is 12.0. The van der Waals surface area contributed by atoms with Gasteiger partial charge in [0.05, 0.1) is 37.7 Å². The van der Waals surface area contributed by atoms with Gasteiger partial charge in [-0.15, -0.1) is 0 Å². The quantitative estimate of drug-likeness (QED) is 0.212. The Bertz CT molecular complexity index is 1590. The molecule has 3 N–H and O–H groups in total. The molecule has 0 spiro atoms. The number of methoxy groups -OCH3 is 2. The maximum absolute atomic E-state index is 11.1. The Hall–Kier alpha value is -4.92. The summed E-state index contributed by atoms with van der Waals surface area (Å²) < 4.78 is 16.9. The van der Waals surface area contributed by atoms with Crippen LogP contribution < -0.4 is 25.3 Å². The molecule has 3 aromatic heterocycles. The van der Waals surface area contributed by atoms with E-state index in [1.807, 2.05) is 54.6 Å². The maximum atomic E-state index is 11.1. The molecule has 0 aliphatic carbocycles. The average Bonchev–Trinajstić information content (AvgIpc) is 2.95. The number of nitrogens with one attached hydrogen (secondary N) is 1. The third-order valence-electron chi connectivity index (χ3n) is 6.30. The number of amides is 1. The van der Waals surface area contributed by atoms with Gasteiger partial charge in [0.25, 0.3) is 0 Å². The van der Waals surface area contributed by atoms with Crippen molar-refractivity contribution < 1.29 is 19.0 Å². The van der Waals surface area contributed by atoms with Gasteiger partial charge in [-0.2, -0.15) is 0 Å². The molecule has 0 aliphatic rings. The minimum absolute atomic E-state index is 0.196. The summed E-state index contributed by atoms with van der Waals surface area (Å²) in [5, 5.41) is 5.30. The molecule has 3 heterocycles. The van der Waals surface area contributed by atoms with Crippen LogP contribution >= 0.6 is 0 Å². The lowest BCUT2D eigenvalue weighted by Crippen LogP contribution is -2.35. The van der Waals surface area contributed by atoms with E-state index in [-0.39, 0.29) is 12.6 Å². The van der Waals surface area contributed by atoms with Crippen LogP contribution in [0.5, 0.6) is 17.2 Å². The van der Waals surface area contributed by atoms with E-state index in [1.54, 1.807) is 32.8 Å². The van der Waals surface area contributed by atoms with Crippen LogP contribution in [0.3, 0.4) is 0 Å². The average molecular weight is 510 g/mol. The molecule has 0 bridgehead atoms. The van der Waals surface area contributed by atoms with Crippen molar-refractivity contribution in [2.24, 2.45) is 0 Å². The molecule has 1 amide bonds. The van der Waals surface area contributed by atoms with Crippen molar-refractivity contribution in [1.29, 1.82) is 0 Å². The number of nitrogens with two attached hydrogens (primary N) is 1. The number of nitrogens with zero attached hydrogens (tertiary/aromatic N) is 3. The second-order valence-electron chi connectivity index (χ2n) is 8.73. The predicted octanol–water partition coefficient (Wildman–Crippen LogP) is 4.18. The van der Waals surface area contributed by atoms with Crippen LogP contribution in [-0.4, -0.2) is 48.2 Å². The van der Waals surface area contributed by atoms with E-state index in [0.29, 0.717) is 41.6 Å². The van der Waals surface area contributed by atoms with Crippen LogP contribution in [0.2, 0.25) is 0 Å². The smallest absolute Gasteiger partial charge is 0.207 e. The van der Waals surface area contributed by atoms with Crippen LogP contribution in [0.25, 0.3) is 32.9 Å². The maximum Gasteiger partial charge on any atom is 0.207 e. The Morgan fingerprint density at radius 3 is 2.50 bits per heavy atom. The van der Waals surface area contributed by atoms with Gasteiger partial charge in [-0.05, 0) is 35.6 Å². The summed E-state index contributed by atoms with van der Waals surface area (Å²) in [6, 6.07) is 17.3. The molecule has 192 valence electrons. The zero-order valence-corrected chi connectivity index (χ0v) is 21.0. The van der Waals surface area contributed by atoms with Crippen LogP contribution in [0.15, 0.2) is 73.2 Å². The second-order valence-corrected chi connectivity index (χ2v) is 8.73. The molecule has 9 heteroatoms. The SMILES string of the molecule is COc1cc2ncc3c(N)nc(-c4cncc(OC[C@@H](Cc5ccccc5)NC=O)c4)cc3c2cc1OC. The monoisotopic (exact) mass is 509 g/mol. The van der Waals surface area contributed by atoms with E-state index in [2.05, 4.69) is 20.3 Å². The second kappa shape index (κ2) is 11.0. The summed E-state index contributed by atoms with van der Waals surface area (Å²) in [6.07, 6.45) is 6.38. The number of pyridine rings is 3. The number of anilines is 1. The fraction of sp³-hybridized carbons (Fsp3) is 0.172. The molecular weight excluding hydrogens is 482 g/mol. The van der Waals surface area contributed by atoms with Gasteiger partial charge in [0.1, 0.15) is 18.2 Å². The number of benzene rings is 2. The summed E-state index contributed by atoms with van der Waals surface area (Å²) in [5.41, 5.74) is 9.59. The van der Waals surface area contributed by atoms with Gasteiger partial charge in [-0.1, -0.05) is 30.3 Å². The van der Waals surface area contributed by atoms with Crippen molar-refractivity contribution in [3.63, 3.8) is 0 Å². The topological polar surface area (TPSA) is 121 Å². The van der Waals surface area contributed by atoms with E-state index >= 15 is 0 Å². The summed E-state index contributed by atoms with van der Waals surface area (Å²) in [4.78, 5) is 24.6. The molecule has 5 aromatic rings.